The Morgan fingerprint density at radius 3 is 2.52 bits per heavy atom. The Bertz CT molecular complexity index is 817. The molecule has 1 atom stereocenters. The lowest BCUT2D eigenvalue weighted by molar-refractivity contribution is -0.140. The fraction of sp³-hybridized carbons (Fsp3) is 0.625. The van der Waals surface area contributed by atoms with Crippen LogP contribution in [0.1, 0.15) is 45.1 Å². The highest BCUT2D eigenvalue weighted by Crippen LogP contribution is 2.32. The molecule has 3 aliphatic heterocycles. The third-order valence-electron chi connectivity index (χ3n) is 7.03. The molecule has 31 heavy (non-hydrogen) atoms. The summed E-state index contributed by atoms with van der Waals surface area (Å²) < 4.78 is 0. The number of likely N-dealkylation sites (tertiary alicyclic amines) is 2. The van der Waals surface area contributed by atoms with Crippen molar-refractivity contribution in [3.63, 3.8) is 0 Å². The summed E-state index contributed by atoms with van der Waals surface area (Å²) in [6, 6.07) is 9.92. The molecule has 3 aliphatic rings. The normalized spacial score (nSPS) is 24.2. The first kappa shape index (κ1) is 21.8. The lowest BCUT2D eigenvalue weighted by Crippen LogP contribution is -2.56. The van der Waals surface area contributed by atoms with Gasteiger partial charge in [0.15, 0.2) is 0 Å². The molecule has 1 aromatic rings. The summed E-state index contributed by atoms with van der Waals surface area (Å²) in [6.45, 7) is 7.50. The Balaban J connectivity index is 1.35. The van der Waals surface area contributed by atoms with Gasteiger partial charge in [-0.05, 0) is 37.7 Å². The monoisotopic (exact) mass is 426 g/mol. The number of imide groups is 1. The lowest BCUT2D eigenvalue weighted by Gasteiger charge is -2.39. The molecule has 1 N–H and O–H groups in total. The number of carbonyl (C=O) groups excluding carboxylic acids is 3. The number of nitrogens with zero attached hydrogens (tertiary/aromatic N) is 3. The molecule has 0 radical (unpaired) electrons. The largest absolute Gasteiger partial charge is 0.340 e. The van der Waals surface area contributed by atoms with Crippen LogP contribution < -0.4 is 5.32 Å². The Morgan fingerprint density at radius 2 is 1.84 bits per heavy atom. The van der Waals surface area contributed by atoms with Crippen molar-refractivity contribution in [1.82, 2.24) is 20.0 Å². The van der Waals surface area contributed by atoms with Gasteiger partial charge in [-0.25, -0.2) is 4.79 Å². The third kappa shape index (κ3) is 4.47. The Morgan fingerprint density at radius 1 is 1.13 bits per heavy atom. The maximum Gasteiger partial charge on any atom is 0.325 e. The molecule has 0 aliphatic carbocycles. The van der Waals surface area contributed by atoms with Crippen LogP contribution in [-0.4, -0.2) is 76.8 Å². The first-order chi connectivity index (χ1) is 14.9. The van der Waals surface area contributed by atoms with E-state index in [2.05, 4.69) is 34.5 Å². The van der Waals surface area contributed by atoms with Gasteiger partial charge in [0.1, 0.15) is 5.54 Å². The van der Waals surface area contributed by atoms with Gasteiger partial charge in [0.2, 0.25) is 5.91 Å². The minimum atomic E-state index is -0.773. The predicted molar refractivity (Wildman–Crippen MR) is 118 cm³/mol. The van der Waals surface area contributed by atoms with Crippen molar-refractivity contribution in [3.8, 4) is 0 Å². The van der Waals surface area contributed by atoms with Gasteiger partial charge in [-0.3, -0.25) is 14.5 Å². The molecule has 3 fully saturated rings. The minimum absolute atomic E-state index is 0.0755. The van der Waals surface area contributed by atoms with Crippen molar-refractivity contribution in [2.24, 2.45) is 5.92 Å². The van der Waals surface area contributed by atoms with E-state index in [1.807, 2.05) is 24.8 Å². The maximum atomic E-state index is 13.4. The predicted octanol–water partition coefficient (Wildman–Crippen LogP) is 2.26. The number of rotatable bonds is 5. The van der Waals surface area contributed by atoms with Crippen molar-refractivity contribution in [2.75, 3.05) is 32.7 Å². The van der Waals surface area contributed by atoms with E-state index in [1.165, 1.54) is 10.5 Å². The molecule has 4 rings (SSSR count). The summed E-state index contributed by atoms with van der Waals surface area (Å²) in [5.74, 6) is -0.0735. The number of benzene rings is 1. The summed E-state index contributed by atoms with van der Waals surface area (Å²) in [5, 5.41) is 3.03. The van der Waals surface area contributed by atoms with E-state index in [4.69, 9.17) is 0 Å². The lowest BCUT2D eigenvalue weighted by atomic mass is 9.87. The van der Waals surface area contributed by atoms with Gasteiger partial charge in [-0.15, -0.1) is 0 Å². The molecule has 168 valence electrons. The zero-order chi connectivity index (χ0) is 22.0. The molecule has 7 nitrogen and oxygen atoms in total. The second kappa shape index (κ2) is 8.99. The van der Waals surface area contributed by atoms with Crippen molar-refractivity contribution >= 4 is 17.8 Å². The molecule has 3 saturated heterocycles. The zero-order valence-corrected chi connectivity index (χ0v) is 18.7. The Labute approximate surface area is 184 Å². The van der Waals surface area contributed by atoms with E-state index in [0.717, 1.165) is 38.9 Å². The quantitative estimate of drug-likeness (QED) is 0.733. The molecule has 1 unspecified atom stereocenters. The smallest absolute Gasteiger partial charge is 0.325 e. The zero-order valence-electron chi connectivity index (χ0n) is 18.7. The van der Waals surface area contributed by atoms with Crippen LogP contribution >= 0.6 is 0 Å². The molecule has 1 spiro atoms. The van der Waals surface area contributed by atoms with Crippen LogP contribution in [0, 0.1) is 5.92 Å². The molecule has 0 saturated carbocycles. The number of amides is 4. The SMILES string of the molecule is CC(C)C(=O)N1CCCC(N2C(=O)NC3(CCN(CCc4ccccc4)CC3)C2=O)C1. The van der Waals surface area contributed by atoms with Gasteiger partial charge in [0.25, 0.3) is 5.91 Å². The second-order valence-corrected chi connectivity index (χ2v) is 9.50. The number of urea groups is 1. The van der Waals surface area contributed by atoms with Gasteiger partial charge in [0, 0.05) is 38.6 Å². The number of nitrogens with one attached hydrogen (secondary N) is 1. The summed E-state index contributed by atoms with van der Waals surface area (Å²) in [5.41, 5.74) is 0.544. The maximum absolute atomic E-state index is 13.4. The van der Waals surface area contributed by atoms with E-state index in [0.29, 0.717) is 25.9 Å². The van der Waals surface area contributed by atoms with Gasteiger partial charge < -0.3 is 15.1 Å². The molecule has 0 aromatic heterocycles. The van der Waals surface area contributed by atoms with Crippen LogP contribution in [0.5, 0.6) is 0 Å². The van der Waals surface area contributed by atoms with Crippen LogP contribution in [0.25, 0.3) is 0 Å². The van der Waals surface area contributed by atoms with E-state index in [9.17, 15) is 14.4 Å². The van der Waals surface area contributed by atoms with Crippen LogP contribution in [-0.2, 0) is 16.0 Å². The standard InChI is InChI=1S/C24H34N4O3/c1-18(2)21(29)27-13-6-9-20(17-27)28-22(30)24(25-23(28)31)11-15-26(16-12-24)14-10-19-7-4-3-5-8-19/h3-5,7-8,18,20H,6,9-17H2,1-2H3,(H,25,31). The number of hydrogen-bond acceptors (Lipinski definition) is 4. The second-order valence-electron chi connectivity index (χ2n) is 9.50. The van der Waals surface area contributed by atoms with Crippen molar-refractivity contribution in [2.45, 2.75) is 57.5 Å². The van der Waals surface area contributed by atoms with Crippen LogP contribution in [0.2, 0.25) is 0 Å². The van der Waals surface area contributed by atoms with Gasteiger partial charge >= 0.3 is 6.03 Å². The molecule has 0 bridgehead atoms. The summed E-state index contributed by atoms with van der Waals surface area (Å²) >= 11 is 0. The van der Waals surface area contributed by atoms with Gasteiger partial charge in [0.05, 0.1) is 6.04 Å². The van der Waals surface area contributed by atoms with Crippen molar-refractivity contribution in [1.29, 1.82) is 0 Å². The minimum Gasteiger partial charge on any atom is -0.340 e. The molecular weight excluding hydrogens is 392 g/mol. The fourth-order valence-corrected chi connectivity index (χ4v) is 5.13. The van der Waals surface area contributed by atoms with E-state index < -0.39 is 5.54 Å². The summed E-state index contributed by atoms with van der Waals surface area (Å²) in [4.78, 5) is 44.3. The molecule has 1 aromatic carbocycles. The van der Waals surface area contributed by atoms with Crippen LogP contribution in [0.3, 0.4) is 0 Å². The van der Waals surface area contributed by atoms with E-state index in [1.54, 1.807) is 0 Å². The topological polar surface area (TPSA) is 73.0 Å². The molecule has 3 heterocycles. The van der Waals surface area contributed by atoms with Crippen LogP contribution in [0.4, 0.5) is 4.79 Å². The fourth-order valence-electron chi connectivity index (χ4n) is 5.13. The number of carbonyl (C=O) groups is 3. The molecule has 7 heteroatoms. The van der Waals surface area contributed by atoms with Crippen molar-refractivity contribution < 1.29 is 14.4 Å². The highest BCUT2D eigenvalue weighted by Gasteiger charge is 2.54. The average molecular weight is 427 g/mol. The highest BCUT2D eigenvalue weighted by molar-refractivity contribution is 6.07. The van der Waals surface area contributed by atoms with E-state index in [-0.39, 0.29) is 29.8 Å². The van der Waals surface area contributed by atoms with Gasteiger partial charge in [-0.2, -0.15) is 0 Å². The Kier molecular flexibility index (Phi) is 6.32. The summed E-state index contributed by atoms with van der Waals surface area (Å²) in [6.07, 6.45) is 3.86. The number of hydrogen-bond donors (Lipinski definition) is 1. The van der Waals surface area contributed by atoms with Crippen LogP contribution in [0.15, 0.2) is 30.3 Å². The average Bonchev–Trinajstić information content (AvgIpc) is 3.02. The van der Waals surface area contributed by atoms with E-state index >= 15 is 0 Å². The molecular formula is C24H34N4O3. The summed E-state index contributed by atoms with van der Waals surface area (Å²) in [7, 11) is 0. The first-order valence-corrected chi connectivity index (χ1v) is 11.6. The highest BCUT2D eigenvalue weighted by atomic mass is 16.2. The van der Waals surface area contributed by atoms with Crippen molar-refractivity contribution in [3.05, 3.63) is 35.9 Å². The third-order valence-corrected chi connectivity index (χ3v) is 7.03. The Hall–Kier alpha value is -2.41. The first-order valence-electron chi connectivity index (χ1n) is 11.6. The molecule has 4 amide bonds. The number of piperidine rings is 2. The van der Waals surface area contributed by atoms with Gasteiger partial charge in [-0.1, -0.05) is 44.2 Å².